The molecule has 1 fully saturated rings. The van der Waals surface area contributed by atoms with Gasteiger partial charge < -0.3 is 0 Å². The molecule has 3 heteroatoms. The third-order valence-corrected chi connectivity index (χ3v) is 3.60. The first-order valence-electron chi connectivity index (χ1n) is 6.20. The van der Waals surface area contributed by atoms with Crippen LogP contribution in [0.25, 0.3) is 0 Å². The zero-order valence-corrected chi connectivity index (χ0v) is 9.95. The first-order valence-corrected chi connectivity index (χ1v) is 6.20. The van der Waals surface area contributed by atoms with Crippen molar-refractivity contribution >= 4 is 0 Å². The number of rotatable bonds is 3. The Hall–Kier alpha value is -1.30. The van der Waals surface area contributed by atoms with E-state index in [2.05, 4.69) is 24.3 Å². The van der Waals surface area contributed by atoms with Gasteiger partial charge in [-0.05, 0) is 31.7 Å². The highest BCUT2D eigenvalue weighted by Crippen LogP contribution is 2.38. The molecule has 0 unspecified atom stereocenters. The van der Waals surface area contributed by atoms with Crippen LogP contribution in [-0.4, -0.2) is 9.78 Å². The minimum absolute atomic E-state index is 0.111. The molecule has 16 heavy (non-hydrogen) atoms. The molecule has 0 spiro atoms. The topological polar surface area (TPSA) is 41.6 Å². The summed E-state index contributed by atoms with van der Waals surface area (Å²) >= 11 is 0. The molecule has 0 bridgehead atoms. The highest BCUT2D eigenvalue weighted by atomic mass is 15.3. The predicted molar refractivity (Wildman–Crippen MR) is 62.7 cm³/mol. The Bertz CT molecular complexity index is 380. The maximum atomic E-state index is 9.39. The van der Waals surface area contributed by atoms with E-state index in [1.165, 1.54) is 24.8 Å². The van der Waals surface area contributed by atoms with Gasteiger partial charge in [0.15, 0.2) is 0 Å². The molecule has 1 aliphatic carbocycles. The predicted octanol–water partition coefficient (Wildman–Crippen LogP) is 2.92. The van der Waals surface area contributed by atoms with E-state index in [1.807, 2.05) is 10.9 Å². The summed E-state index contributed by atoms with van der Waals surface area (Å²) in [6.45, 7) is 2.98. The van der Waals surface area contributed by atoms with E-state index in [9.17, 15) is 5.26 Å². The number of hydrogen-bond donors (Lipinski definition) is 0. The SMILES string of the molecule is CCn1cc(CC2(C#N)CCCCC2)cn1. The van der Waals surface area contributed by atoms with Gasteiger partial charge in [-0.25, -0.2) is 0 Å². The first kappa shape index (κ1) is 11.2. The maximum Gasteiger partial charge on any atom is 0.0693 e. The van der Waals surface area contributed by atoms with Crippen LogP contribution < -0.4 is 0 Å². The minimum atomic E-state index is -0.111. The summed E-state index contributed by atoms with van der Waals surface area (Å²) in [6, 6.07) is 2.56. The highest BCUT2D eigenvalue weighted by molar-refractivity contribution is 5.13. The Labute approximate surface area is 97.1 Å². The van der Waals surface area contributed by atoms with Crippen LogP contribution in [0.15, 0.2) is 12.4 Å². The molecule has 1 aromatic rings. The summed E-state index contributed by atoms with van der Waals surface area (Å²) in [7, 11) is 0. The Balaban J connectivity index is 2.09. The van der Waals surface area contributed by atoms with Crippen LogP contribution >= 0.6 is 0 Å². The second-order valence-electron chi connectivity index (χ2n) is 4.83. The number of nitrogens with zero attached hydrogens (tertiary/aromatic N) is 3. The van der Waals surface area contributed by atoms with Crippen molar-refractivity contribution in [2.75, 3.05) is 0 Å². The molecule has 1 aromatic heterocycles. The summed E-state index contributed by atoms with van der Waals surface area (Å²) in [6.07, 6.45) is 10.7. The van der Waals surface area contributed by atoms with Gasteiger partial charge in [-0.2, -0.15) is 10.4 Å². The molecule has 86 valence electrons. The van der Waals surface area contributed by atoms with Gasteiger partial charge in [0.25, 0.3) is 0 Å². The van der Waals surface area contributed by atoms with Crippen molar-refractivity contribution in [1.82, 2.24) is 9.78 Å². The fraction of sp³-hybridized carbons (Fsp3) is 0.692. The fourth-order valence-corrected chi connectivity index (χ4v) is 2.62. The Morgan fingerprint density at radius 2 is 2.19 bits per heavy atom. The molecule has 0 amide bonds. The number of nitriles is 1. The molecule has 0 saturated heterocycles. The first-order chi connectivity index (χ1) is 7.78. The van der Waals surface area contributed by atoms with Gasteiger partial charge >= 0.3 is 0 Å². The molecule has 0 aromatic carbocycles. The van der Waals surface area contributed by atoms with Gasteiger partial charge in [-0.15, -0.1) is 0 Å². The van der Waals surface area contributed by atoms with Gasteiger partial charge in [0.1, 0.15) is 0 Å². The van der Waals surface area contributed by atoms with Gasteiger partial charge in [0.2, 0.25) is 0 Å². The minimum Gasteiger partial charge on any atom is -0.273 e. The van der Waals surface area contributed by atoms with Crippen molar-refractivity contribution in [2.45, 2.75) is 52.0 Å². The zero-order valence-electron chi connectivity index (χ0n) is 9.95. The van der Waals surface area contributed by atoms with E-state index in [-0.39, 0.29) is 5.41 Å². The van der Waals surface area contributed by atoms with Crippen molar-refractivity contribution in [2.24, 2.45) is 5.41 Å². The van der Waals surface area contributed by atoms with Crippen LogP contribution in [-0.2, 0) is 13.0 Å². The molecule has 2 rings (SSSR count). The Morgan fingerprint density at radius 3 is 2.75 bits per heavy atom. The maximum absolute atomic E-state index is 9.39. The average molecular weight is 217 g/mol. The standard InChI is InChI=1S/C13H19N3/c1-2-16-10-12(9-15-16)8-13(11-14)6-4-3-5-7-13/h9-10H,2-8H2,1H3. The van der Waals surface area contributed by atoms with Crippen molar-refractivity contribution in [1.29, 1.82) is 5.26 Å². The number of aromatic nitrogens is 2. The molecule has 1 saturated carbocycles. The zero-order chi connectivity index (χ0) is 11.4. The van der Waals surface area contributed by atoms with E-state index < -0.39 is 0 Å². The monoisotopic (exact) mass is 217 g/mol. The number of aryl methyl sites for hydroxylation is 1. The molecular weight excluding hydrogens is 198 g/mol. The molecule has 1 aliphatic rings. The quantitative estimate of drug-likeness (QED) is 0.781. The van der Waals surface area contributed by atoms with Crippen molar-refractivity contribution in [3.63, 3.8) is 0 Å². The van der Waals surface area contributed by atoms with Gasteiger partial charge in [-0.3, -0.25) is 4.68 Å². The molecule has 0 atom stereocenters. The lowest BCUT2D eigenvalue weighted by molar-refractivity contribution is 0.266. The molecule has 0 radical (unpaired) electrons. The van der Waals surface area contributed by atoms with Crippen LogP contribution in [0.1, 0.15) is 44.6 Å². The van der Waals surface area contributed by atoms with E-state index in [0.717, 1.165) is 25.8 Å². The van der Waals surface area contributed by atoms with Crippen molar-refractivity contribution < 1.29 is 0 Å². The summed E-state index contributed by atoms with van der Waals surface area (Å²) in [4.78, 5) is 0. The second-order valence-corrected chi connectivity index (χ2v) is 4.83. The lowest BCUT2D eigenvalue weighted by Crippen LogP contribution is -2.24. The smallest absolute Gasteiger partial charge is 0.0693 e. The molecular formula is C13H19N3. The van der Waals surface area contributed by atoms with E-state index >= 15 is 0 Å². The van der Waals surface area contributed by atoms with Crippen molar-refractivity contribution in [3.05, 3.63) is 18.0 Å². The van der Waals surface area contributed by atoms with E-state index in [4.69, 9.17) is 0 Å². The Morgan fingerprint density at radius 1 is 1.44 bits per heavy atom. The molecule has 3 nitrogen and oxygen atoms in total. The van der Waals surface area contributed by atoms with E-state index in [1.54, 1.807) is 0 Å². The van der Waals surface area contributed by atoms with Gasteiger partial charge in [0.05, 0.1) is 17.7 Å². The van der Waals surface area contributed by atoms with Gasteiger partial charge in [0, 0.05) is 12.7 Å². The third kappa shape index (κ3) is 2.27. The van der Waals surface area contributed by atoms with Crippen LogP contribution in [0.3, 0.4) is 0 Å². The van der Waals surface area contributed by atoms with Crippen LogP contribution in [0, 0.1) is 16.7 Å². The van der Waals surface area contributed by atoms with Crippen LogP contribution in [0.2, 0.25) is 0 Å². The summed E-state index contributed by atoms with van der Waals surface area (Å²) < 4.78 is 1.93. The normalized spacial score (nSPS) is 19.2. The average Bonchev–Trinajstić information content (AvgIpc) is 2.78. The largest absolute Gasteiger partial charge is 0.273 e. The van der Waals surface area contributed by atoms with Crippen LogP contribution in [0.5, 0.6) is 0 Å². The lowest BCUT2D eigenvalue weighted by atomic mass is 9.72. The Kier molecular flexibility index (Phi) is 3.28. The molecule has 1 heterocycles. The third-order valence-electron chi connectivity index (χ3n) is 3.60. The van der Waals surface area contributed by atoms with Crippen LogP contribution in [0.4, 0.5) is 0 Å². The molecule has 0 N–H and O–H groups in total. The summed E-state index contributed by atoms with van der Waals surface area (Å²) in [5, 5.41) is 13.7. The highest BCUT2D eigenvalue weighted by Gasteiger charge is 2.32. The lowest BCUT2D eigenvalue weighted by Gasteiger charge is -2.30. The fourth-order valence-electron chi connectivity index (χ4n) is 2.62. The second kappa shape index (κ2) is 4.69. The summed E-state index contributed by atoms with van der Waals surface area (Å²) in [5.41, 5.74) is 1.10. The molecule has 0 aliphatic heterocycles. The summed E-state index contributed by atoms with van der Waals surface area (Å²) in [5.74, 6) is 0. The van der Waals surface area contributed by atoms with Gasteiger partial charge in [-0.1, -0.05) is 19.3 Å². The van der Waals surface area contributed by atoms with E-state index in [0.29, 0.717) is 0 Å². The van der Waals surface area contributed by atoms with Crippen molar-refractivity contribution in [3.8, 4) is 6.07 Å². The number of hydrogen-bond acceptors (Lipinski definition) is 2.